The first kappa shape index (κ1) is 12.5. The smallest absolute Gasteiger partial charge is 0.253 e. The lowest BCUT2D eigenvalue weighted by molar-refractivity contribution is 0.0924. The quantitative estimate of drug-likeness (QED) is 0.875. The van der Waals surface area contributed by atoms with Gasteiger partial charge in [0.1, 0.15) is 0 Å². The largest absolute Gasteiger partial charge is 0.387 e. The van der Waals surface area contributed by atoms with Crippen LogP contribution in [0, 0.1) is 18.8 Å². The maximum absolute atomic E-state index is 12.4. The zero-order chi connectivity index (χ0) is 13.4. The number of hydrogen-bond donors (Lipinski definition) is 2. The predicted molar refractivity (Wildman–Crippen MR) is 77.4 cm³/mol. The maximum Gasteiger partial charge on any atom is 0.253 e. The number of rotatable bonds is 3. The third kappa shape index (κ3) is 2.34. The van der Waals surface area contributed by atoms with Gasteiger partial charge in [0, 0.05) is 18.8 Å². The SMILES string of the molecule is CNc1cc(C)ccc1C(=O)NC1CC2CCC1C2. The highest BCUT2D eigenvalue weighted by Crippen LogP contribution is 2.44. The first-order chi connectivity index (χ1) is 9.17. The van der Waals surface area contributed by atoms with E-state index in [1.807, 2.05) is 32.2 Å². The summed E-state index contributed by atoms with van der Waals surface area (Å²) in [5, 5.41) is 6.36. The van der Waals surface area contributed by atoms with Gasteiger partial charge < -0.3 is 10.6 Å². The molecule has 3 unspecified atom stereocenters. The molecule has 2 bridgehead atoms. The van der Waals surface area contributed by atoms with Crippen molar-refractivity contribution in [1.82, 2.24) is 5.32 Å². The van der Waals surface area contributed by atoms with Gasteiger partial charge in [-0.3, -0.25) is 4.79 Å². The van der Waals surface area contributed by atoms with Gasteiger partial charge in [0.2, 0.25) is 0 Å². The van der Waals surface area contributed by atoms with E-state index in [4.69, 9.17) is 0 Å². The molecule has 0 radical (unpaired) electrons. The van der Waals surface area contributed by atoms with Crippen LogP contribution in [0.5, 0.6) is 0 Å². The summed E-state index contributed by atoms with van der Waals surface area (Å²) in [6, 6.07) is 6.34. The van der Waals surface area contributed by atoms with Gasteiger partial charge in [-0.05, 0) is 55.7 Å². The van der Waals surface area contributed by atoms with E-state index in [-0.39, 0.29) is 5.91 Å². The minimum Gasteiger partial charge on any atom is -0.387 e. The number of fused-ring (bicyclic) bond motifs is 2. The van der Waals surface area contributed by atoms with Crippen molar-refractivity contribution in [3.8, 4) is 0 Å². The first-order valence-electron chi connectivity index (χ1n) is 7.26. The molecule has 2 saturated carbocycles. The highest BCUT2D eigenvalue weighted by Gasteiger charge is 2.40. The lowest BCUT2D eigenvalue weighted by Crippen LogP contribution is -2.38. The Kier molecular flexibility index (Phi) is 3.21. The minimum atomic E-state index is 0.0712. The van der Waals surface area contributed by atoms with Crippen LogP contribution < -0.4 is 10.6 Å². The summed E-state index contributed by atoms with van der Waals surface area (Å²) >= 11 is 0. The number of hydrogen-bond acceptors (Lipinski definition) is 2. The number of nitrogens with one attached hydrogen (secondary N) is 2. The Morgan fingerprint density at radius 3 is 2.74 bits per heavy atom. The molecule has 3 rings (SSSR count). The molecule has 1 aromatic carbocycles. The molecule has 0 aromatic heterocycles. The van der Waals surface area contributed by atoms with E-state index in [0.717, 1.165) is 23.1 Å². The van der Waals surface area contributed by atoms with Crippen molar-refractivity contribution in [2.24, 2.45) is 11.8 Å². The van der Waals surface area contributed by atoms with E-state index in [1.165, 1.54) is 31.2 Å². The normalized spacial score (nSPS) is 28.4. The zero-order valence-corrected chi connectivity index (χ0v) is 11.7. The van der Waals surface area contributed by atoms with E-state index in [9.17, 15) is 4.79 Å². The molecule has 0 aliphatic heterocycles. The molecule has 2 aliphatic carbocycles. The van der Waals surface area contributed by atoms with E-state index in [0.29, 0.717) is 6.04 Å². The lowest BCUT2D eigenvalue weighted by Gasteiger charge is -2.23. The van der Waals surface area contributed by atoms with Gasteiger partial charge in [-0.1, -0.05) is 12.5 Å². The minimum absolute atomic E-state index is 0.0712. The molecule has 0 saturated heterocycles. The van der Waals surface area contributed by atoms with Crippen LogP contribution >= 0.6 is 0 Å². The van der Waals surface area contributed by atoms with Crippen LogP contribution in [0.25, 0.3) is 0 Å². The average molecular weight is 258 g/mol. The van der Waals surface area contributed by atoms with Crippen molar-refractivity contribution in [2.45, 2.75) is 38.6 Å². The Bertz CT molecular complexity index is 498. The van der Waals surface area contributed by atoms with Gasteiger partial charge in [0.25, 0.3) is 5.91 Å². The molecule has 3 heteroatoms. The Hall–Kier alpha value is -1.51. The van der Waals surface area contributed by atoms with Crippen molar-refractivity contribution in [3.63, 3.8) is 0 Å². The first-order valence-corrected chi connectivity index (χ1v) is 7.26. The molecule has 2 N–H and O–H groups in total. The molecule has 2 fully saturated rings. The van der Waals surface area contributed by atoms with Crippen LogP contribution in [0.1, 0.15) is 41.6 Å². The van der Waals surface area contributed by atoms with Gasteiger partial charge >= 0.3 is 0 Å². The topological polar surface area (TPSA) is 41.1 Å². The molecule has 0 spiro atoms. The maximum atomic E-state index is 12.4. The fourth-order valence-corrected chi connectivity index (χ4v) is 3.73. The second-order valence-corrected chi connectivity index (χ2v) is 6.05. The molecular weight excluding hydrogens is 236 g/mol. The average Bonchev–Trinajstić information content (AvgIpc) is 3.00. The fraction of sp³-hybridized carbons (Fsp3) is 0.562. The number of aryl methyl sites for hydroxylation is 1. The summed E-state index contributed by atoms with van der Waals surface area (Å²) in [6.45, 7) is 2.04. The van der Waals surface area contributed by atoms with Gasteiger partial charge in [0.05, 0.1) is 5.56 Å². The van der Waals surface area contributed by atoms with E-state index >= 15 is 0 Å². The Morgan fingerprint density at radius 1 is 1.26 bits per heavy atom. The fourth-order valence-electron chi connectivity index (χ4n) is 3.73. The summed E-state index contributed by atoms with van der Waals surface area (Å²) in [5.74, 6) is 1.65. The highest BCUT2D eigenvalue weighted by atomic mass is 16.1. The van der Waals surface area contributed by atoms with E-state index < -0.39 is 0 Å². The van der Waals surface area contributed by atoms with Gasteiger partial charge in [0.15, 0.2) is 0 Å². The Morgan fingerprint density at radius 2 is 2.11 bits per heavy atom. The third-order valence-corrected chi connectivity index (χ3v) is 4.74. The molecule has 0 heterocycles. The summed E-state index contributed by atoms with van der Waals surface area (Å²) in [4.78, 5) is 12.4. The molecule has 102 valence electrons. The third-order valence-electron chi connectivity index (χ3n) is 4.74. The summed E-state index contributed by atoms with van der Waals surface area (Å²) < 4.78 is 0. The van der Waals surface area contributed by atoms with Crippen LogP contribution in [0.3, 0.4) is 0 Å². The van der Waals surface area contributed by atoms with Crippen LogP contribution in [-0.2, 0) is 0 Å². The van der Waals surface area contributed by atoms with Crippen molar-refractivity contribution in [2.75, 3.05) is 12.4 Å². The molecule has 2 aliphatic rings. The monoisotopic (exact) mass is 258 g/mol. The van der Waals surface area contributed by atoms with Crippen LogP contribution in [0.2, 0.25) is 0 Å². The van der Waals surface area contributed by atoms with Gasteiger partial charge in [-0.2, -0.15) is 0 Å². The molecule has 1 amide bonds. The molecule has 19 heavy (non-hydrogen) atoms. The summed E-state index contributed by atoms with van der Waals surface area (Å²) in [5.41, 5.74) is 2.84. The van der Waals surface area contributed by atoms with E-state index in [2.05, 4.69) is 10.6 Å². The second-order valence-electron chi connectivity index (χ2n) is 6.05. The van der Waals surface area contributed by atoms with Crippen molar-refractivity contribution in [3.05, 3.63) is 29.3 Å². The summed E-state index contributed by atoms with van der Waals surface area (Å²) in [7, 11) is 1.86. The number of benzene rings is 1. The van der Waals surface area contributed by atoms with Gasteiger partial charge in [-0.25, -0.2) is 0 Å². The van der Waals surface area contributed by atoms with Crippen molar-refractivity contribution in [1.29, 1.82) is 0 Å². The molecule has 3 atom stereocenters. The number of carbonyl (C=O) groups excluding carboxylic acids is 1. The number of amides is 1. The van der Waals surface area contributed by atoms with E-state index in [1.54, 1.807) is 0 Å². The highest BCUT2D eigenvalue weighted by molar-refractivity contribution is 5.99. The van der Waals surface area contributed by atoms with Crippen LogP contribution in [-0.4, -0.2) is 19.0 Å². The van der Waals surface area contributed by atoms with Crippen molar-refractivity contribution < 1.29 is 4.79 Å². The molecule has 3 nitrogen and oxygen atoms in total. The van der Waals surface area contributed by atoms with Crippen LogP contribution in [0.15, 0.2) is 18.2 Å². The van der Waals surface area contributed by atoms with Crippen LogP contribution in [0.4, 0.5) is 5.69 Å². The standard InChI is InChI=1S/C16H22N2O/c1-10-3-6-13(15(7-10)17-2)16(19)18-14-9-11-4-5-12(14)8-11/h3,6-7,11-12,14,17H,4-5,8-9H2,1-2H3,(H,18,19). The number of carbonyl (C=O) groups is 1. The number of anilines is 1. The van der Waals surface area contributed by atoms with Crippen molar-refractivity contribution >= 4 is 11.6 Å². The summed E-state index contributed by atoms with van der Waals surface area (Å²) in [6.07, 6.45) is 5.15. The Balaban J connectivity index is 1.73. The second kappa shape index (κ2) is 4.87. The molecule has 1 aromatic rings. The lowest BCUT2D eigenvalue weighted by atomic mass is 9.95. The zero-order valence-electron chi connectivity index (χ0n) is 11.7. The predicted octanol–water partition coefficient (Wildman–Crippen LogP) is 2.96. The van der Waals surface area contributed by atoms with Gasteiger partial charge in [-0.15, -0.1) is 0 Å². The Labute approximate surface area is 114 Å². The molecular formula is C16H22N2O.